The first-order valence-corrected chi connectivity index (χ1v) is 9.39. The van der Waals surface area contributed by atoms with Crippen molar-refractivity contribution in [3.8, 4) is 0 Å². The summed E-state index contributed by atoms with van der Waals surface area (Å²) in [6.07, 6.45) is 4.01. The molecule has 1 aromatic heterocycles. The highest BCUT2D eigenvalue weighted by molar-refractivity contribution is 5.94. The van der Waals surface area contributed by atoms with Crippen molar-refractivity contribution in [1.82, 2.24) is 9.88 Å². The molecule has 4 rings (SSSR count). The Morgan fingerprint density at radius 2 is 1.92 bits per heavy atom. The number of morpholine rings is 1. The average molecular weight is 351 g/mol. The number of nitrogens with zero attached hydrogens (tertiary/aromatic N) is 3. The Bertz CT molecular complexity index is 772. The number of rotatable bonds is 3. The fourth-order valence-corrected chi connectivity index (χ4v) is 3.95. The van der Waals surface area contributed by atoms with E-state index in [9.17, 15) is 4.79 Å². The largest absolute Gasteiger partial charge is 0.378 e. The lowest BCUT2D eigenvalue weighted by atomic mass is 10.0. The fourth-order valence-electron chi connectivity index (χ4n) is 3.95. The third-order valence-electron chi connectivity index (χ3n) is 5.37. The zero-order valence-electron chi connectivity index (χ0n) is 15.2. The molecule has 0 spiro atoms. The fraction of sp³-hybridized carbons (Fsp3) is 0.429. The number of carbonyl (C=O) groups is 1. The molecule has 136 valence electrons. The topological polar surface area (TPSA) is 45.7 Å². The number of aryl methyl sites for hydroxylation is 1. The molecule has 1 amide bonds. The smallest absolute Gasteiger partial charge is 0.254 e. The Balaban J connectivity index is 1.57. The zero-order chi connectivity index (χ0) is 17.9. The van der Waals surface area contributed by atoms with Gasteiger partial charge in [0.05, 0.1) is 19.3 Å². The van der Waals surface area contributed by atoms with Crippen LogP contribution in [0, 0.1) is 6.92 Å². The van der Waals surface area contributed by atoms with E-state index in [1.54, 1.807) is 0 Å². The number of pyridine rings is 1. The predicted octanol–water partition coefficient (Wildman–Crippen LogP) is 3.20. The minimum Gasteiger partial charge on any atom is -0.378 e. The van der Waals surface area contributed by atoms with Crippen LogP contribution in [0.1, 0.15) is 40.4 Å². The Labute approximate surface area is 154 Å². The molecule has 1 aromatic carbocycles. The SMILES string of the molecule is Cc1cc(N2CCOCC2)ncc1C1CCCN1C(=O)c1ccccc1. The second-order valence-electron chi connectivity index (χ2n) is 7.02. The predicted molar refractivity (Wildman–Crippen MR) is 101 cm³/mol. The van der Waals surface area contributed by atoms with Crippen LogP contribution in [0.5, 0.6) is 0 Å². The maximum Gasteiger partial charge on any atom is 0.254 e. The van der Waals surface area contributed by atoms with Crippen molar-refractivity contribution in [2.45, 2.75) is 25.8 Å². The van der Waals surface area contributed by atoms with Crippen LogP contribution in [0.15, 0.2) is 42.6 Å². The van der Waals surface area contributed by atoms with E-state index >= 15 is 0 Å². The summed E-state index contributed by atoms with van der Waals surface area (Å²) in [5.41, 5.74) is 3.14. The third-order valence-corrected chi connectivity index (χ3v) is 5.37. The van der Waals surface area contributed by atoms with E-state index in [0.717, 1.165) is 57.1 Å². The summed E-state index contributed by atoms with van der Waals surface area (Å²) in [4.78, 5) is 21.9. The summed E-state index contributed by atoms with van der Waals surface area (Å²) in [7, 11) is 0. The van der Waals surface area contributed by atoms with Crippen LogP contribution < -0.4 is 4.90 Å². The monoisotopic (exact) mass is 351 g/mol. The molecule has 0 bridgehead atoms. The van der Waals surface area contributed by atoms with Crippen molar-refractivity contribution < 1.29 is 9.53 Å². The van der Waals surface area contributed by atoms with Crippen molar-refractivity contribution in [2.24, 2.45) is 0 Å². The van der Waals surface area contributed by atoms with Gasteiger partial charge in [-0.05, 0) is 49.1 Å². The molecule has 1 unspecified atom stereocenters. The van der Waals surface area contributed by atoms with Gasteiger partial charge in [0, 0.05) is 31.4 Å². The number of aromatic nitrogens is 1. The summed E-state index contributed by atoms with van der Waals surface area (Å²) in [6, 6.07) is 11.8. The molecule has 3 heterocycles. The van der Waals surface area contributed by atoms with E-state index in [4.69, 9.17) is 9.72 Å². The van der Waals surface area contributed by atoms with E-state index in [0.29, 0.717) is 0 Å². The molecule has 0 aliphatic carbocycles. The molecule has 2 aliphatic heterocycles. The maximum absolute atomic E-state index is 12.9. The van der Waals surface area contributed by atoms with Crippen molar-refractivity contribution in [3.05, 3.63) is 59.3 Å². The number of anilines is 1. The van der Waals surface area contributed by atoms with Gasteiger partial charge in [-0.1, -0.05) is 18.2 Å². The molecule has 2 aromatic rings. The maximum atomic E-state index is 12.9. The van der Waals surface area contributed by atoms with Gasteiger partial charge < -0.3 is 14.5 Å². The Morgan fingerprint density at radius 3 is 2.65 bits per heavy atom. The first-order chi connectivity index (χ1) is 12.7. The number of amides is 1. The van der Waals surface area contributed by atoms with E-state index in [1.165, 1.54) is 11.1 Å². The molecule has 0 radical (unpaired) electrons. The molecule has 0 N–H and O–H groups in total. The highest BCUT2D eigenvalue weighted by atomic mass is 16.5. The average Bonchev–Trinajstić information content (AvgIpc) is 3.18. The summed E-state index contributed by atoms with van der Waals surface area (Å²) in [5, 5.41) is 0. The second-order valence-corrected chi connectivity index (χ2v) is 7.02. The number of benzene rings is 1. The Morgan fingerprint density at radius 1 is 1.15 bits per heavy atom. The van der Waals surface area contributed by atoms with Gasteiger partial charge in [-0.15, -0.1) is 0 Å². The standard InChI is InChI=1S/C21H25N3O2/c1-16-14-20(23-10-12-26-13-11-23)22-15-18(16)19-8-5-9-24(19)21(25)17-6-3-2-4-7-17/h2-4,6-7,14-15,19H,5,8-13H2,1H3. The van der Waals surface area contributed by atoms with Crippen LogP contribution in [0.3, 0.4) is 0 Å². The molecule has 2 aliphatic rings. The van der Waals surface area contributed by atoms with Crippen molar-refractivity contribution >= 4 is 11.7 Å². The lowest BCUT2D eigenvalue weighted by Gasteiger charge is -2.30. The highest BCUT2D eigenvalue weighted by Crippen LogP contribution is 2.35. The minimum atomic E-state index is 0.116. The molecule has 0 saturated carbocycles. The first-order valence-electron chi connectivity index (χ1n) is 9.39. The Hall–Kier alpha value is -2.40. The van der Waals surface area contributed by atoms with Gasteiger partial charge in [-0.3, -0.25) is 4.79 Å². The molecule has 2 saturated heterocycles. The highest BCUT2D eigenvalue weighted by Gasteiger charge is 2.31. The van der Waals surface area contributed by atoms with Gasteiger partial charge in [-0.25, -0.2) is 4.98 Å². The molecular formula is C21H25N3O2. The van der Waals surface area contributed by atoms with Gasteiger partial charge in [-0.2, -0.15) is 0 Å². The Kier molecular flexibility index (Phi) is 4.89. The van der Waals surface area contributed by atoms with Gasteiger partial charge in [0.25, 0.3) is 5.91 Å². The summed E-state index contributed by atoms with van der Waals surface area (Å²) in [6.45, 7) is 6.21. The van der Waals surface area contributed by atoms with Crippen molar-refractivity contribution in [2.75, 3.05) is 37.7 Å². The summed E-state index contributed by atoms with van der Waals surface area (Å²) >= 11 is 0. The van der Waals surface area contributed by atoms with Gasteiger partial charge in [0.2, 0.25) is 0 Å². The first kappa shape index (κ1) is 17.0. The van der Waals surface area contributed by atoms with Crippen LogP contribution >= 0.6 is 0 Å². The molecule has 2 fully saturated rings. The lowest BCUT2D eigenvalue weighted by Crippen LogP contribution is -2.37. The van der Waals surface area contributed by atoms with Gasteiger partial charge in [0.1, 0.15) is 5.82 Å². The van der Waals surface area contributed by atoms with E-state index in [1.807, 2.05) is 41.4 Å². The third kappa shape index (κ3) is 3.31. The van der Waals surface area contributed by atoms with Crippen LogP contribution in [0.2, 0.25) is 0 Å². The van der Waals surface area contributed by atoms with Crippen LogP contribution in [-0.2, 0) is 4.74 Å². The van der Waals surface area contributed by atoms with E-state index < -0.39 is 0 Å². The summed E-state index contributed by atoms with van der Waals surface area (Å²) in [5.74, 6) is 1.12. The van der Waals surface area contributed by atoms with Crippen molar-refractivity contribution in [3.63, 3.8) is 0 Å². The van der Waals surface area contributed by atoms with Crippen LogP contribution in [-0.4, -0.2) is 48.6 Å². The lowest BCUT2D eigenvalue weighted by molar-refractivity contribution is 0.0735. The zero-order valence-corrected chi connectivity index (χ0v) is 15.2. The molecule has 1 atom stereocenters. The number of carbonyl (C=O) groups excluding carboxylic acids is 1. The minimum absolute atomic E-state index is 0.116. The van der Waals surface area contributed by atoms with E-state index in [2.05, 4.69) is 17.9 Å². The second kappa shape index (κ2) is 7.46. The van der Waals surface area contributed by atoms with Gasteiger partial charge in [0.15, 0.2) is 0 Å². The number of hydrogen-bond donors (Lipinski definition) is 0. The molecule has 5 heteroatoms. The van der Waals surface area contributed by atoms with Crippen molar-refractivity contribution in [1.29, 1.82) is 0 Å². The van der Waals surface area contributed by atoms with Crippen LogP contribution in [0.4, 0.5) is 5.82 Å². The van der Waals surface area contributed by atoms with Gasteiger partial charge >= 0.3 is 0 Å². The van der Waals surface area contributed by atoms with E-state index in [-0.39, 0.29) is 11.9 Å². The molecular weight excluding hydrogens is 326 g/mol. The number of ether oxygens (including phenoxy) is 1. The normalized spacial score (nSPS) is 20.4. The molecule has 26 heavy (non-hydrogen) atoms. The van der Waals surface area contributed by atoms with Crippen LogP contribution in [0.25, 0.3) is 0 Å². The molecule has 5 nitrogen and oxygen atoms in total. The number of hydrogen-bond acceptors (Lipinski definition) is 4. The quantitative estimate of drug-likeness (QED) is 0.852. The summed E-state index contributed by atoms with van der Waals surface area (Å²) < 4.78 is 5.43. The number of likely N-dealkylation sites (tertiary alicyclic amines) is 1.